The lowest BCUT2D eigenvalue weighted by atomic mass is 10.2. The van der Waals surface area contributed by atoms with Crippen LogP contribution in [0.2, 0.25) is 5.02 Å². The number of rotatable bonds is 4. The van der Waals surface area contributed by atoms with Crippen molar-refractivity contribution < 1.29 is 14.0 Å². The molecule has 1 fully saturated rings. The zero-order valence-electron chi connectivity index (χ0n) is 11.9. The van der Waals surface area contributed by atoms with E-state index in [-0.39, 0.29) is 17.7 Å². The first-order valence-electron chi connectivity index (χ1n) is 6.72. The highest BCUT2D eigenvalue weighted by atomic mass is 35.5. The molecule has 2 heterocycles. The van der Waals surface area contributed by atoms with Crippen LogP contribution in [0.15, 0.2) is 52.2 Å². The number of halogens is 1. The van der Waals surface area contributed by atoms with E-state index in [0.717, 1.165) is 11.8 Å². The van der Waals surface area contributed by atoms with Gasteiger partial charge in [-0.2, -0.15) is 5.10 Å². The van der Waals surface area contributed by atoms with Crippen LogP contribution in [0.5, 0.6) is 0 Å². The number of benzene rings is 1. The number of carbonyl (C=O) groups excluding carboxylic acids is 2. The minimum Gasteiger partial charge on any atom is -0.467 e. The van der Waals surface area contributed by atoms with Crippen molar-refractivity contribution in [2.45, 2.75) is 6.54 Å². The second-order valence-corrected chi connectivity index (χ2v) is 6.06. The third kappa shape index (κ3) is 3.75. The van der Waals surface area contributed by atoms with Crippen LogP contribution in [-0.2, 0) is 6.54 Å². The molecule has 0 spiro atoms. The fourth-order valence-electron chi connectivity index (χ4n) is 1.98. The number of hydrogen-bond acceptors (Lipinski definition) is 5. The summed E-state index contributed by atoms with van der Waals surface area (Å²) in [5.41, 5.74) is 2.90. The molecular weight excluding hydrogens is 338 g/mol. The van der Waals surface area contributed by atoms with Gasteiger partial charge < -0.3 is 4.42 Å². The normalized spacial score (nSPS) is 16.1. The monoisotopic (exact) mass is 349 g/mol. The first kappa shape index (κ1) is 15.6. The minimum atomic E-state index is -0.364. The number of amides is 2. The maximum atomic E-state index is 12.0. The van der Waals surface area contributed by atoms with E-state index in [0.29, 0.717) is 27.9 Å². The van der Waals surface area contributed by atoms with Crippen molar-refractivity contribution in [1.29, 1.82) is 0 Å². The Morgan fingerprint density at radius 1 is 1.35 bits per heavy atom. The van der Waals surface area contributed by atoms with Crippen LogP contribution < -0.4 is 5.43 Å². The maximum absolute atomic E-state index is 12.0. The van der Waals surface area contributed by atoms with Crippen LogP contribution in [0.25, 0.3) is 0 Å². The molecule has 23 heavy (non-hydrogen) atoms. The van der Waals surface area contributed by atoms with E-state index in [1.54, 1.807) is 42.7 Å². The van der Waals surface area contributed by atoms with Gasteiger partial charge in [-0.15, -0.1) is 0 Å². The average Bonchev–Trinajstić information content (AvgIpc) is 3.18. The van der Waals surface area contributed by atoms with E-state index in [1.165, 1.54) is 4.90 Å². The average molecular weight is 350 g/mol. The lowest BCUT2D eigenvalue weighted by Crippen LogP contribution is -2.31. The summed E-state index contributed by atoms with van der Waals surface area (Å²) >= 11 is 6.92. The van der Waals surface area contributed by atoms with Crippen molar-refractivity contribution in [2.75, 3.05) is 5.75 Å². The SMILES string of the molecule is O=C(N/N=C1/CSC(=O)N1Cc1ccco1)c1ccc(Cl)cc1. The van der Waals surface area contributed by atoms with Gasteiger partial charge in [0, 0.05) is 10.6 Å². The van der Waals surface area contributed by atoms with E-state index in [9.17, 15) is 9.59 Å². The summed E-state index contributed by atoms with van der Waals surface area (Å²) < 4.78 is 5.24. The van der Waals surface area contributed by atoms with Crippen LogP contribution in [-0.4, -0.2) is 27.6 Å². The van der Waals surface area contributed by atoms with Crippen LogP contribution in [0.1, 0.15) is 16.1 Å². The zero-order chi connectivity index (χ0) is 16.2. The Kier molecular flexibility index (Phi) is 4.68. The zero-order valence-corrected chi connectivity index (χ0v) is 13.4. The van der Waals surface area contributed by atoms with E-state index in [1.807, 2.05) is 0 Å². The minimum absolute atomic E-state index is 0.124. The van der Waals surface area contributed by atoms with Gasteiger partial charge in [0.05, 0.1) is 18.6 Å². The molecule has 0 bridgehead atoms. The molecule has 1 aromatic heterocycles. The fourth-order valence-corrected chi connectivity index (χ4v) is 2.90. The first-order valence-corrected chi connectivity index (χ1v) is 8.09. The molecule has 1 saturated heterocycles. The van der Waals surface area contributed by atoms with Gasteiger partial charge in [-0.1, -0.05) is 23.4 Å². The van der Waals surface area contributed by atoms with Gasteiger partial charge in [0.2, 0.25) is 0 Å². The van der Waals surface area contributed by atoms with Crippen molar-refractivity contribution in [2.24, 2.45) is 5.10 Å². The van der Waals surface area contributed by atoms with Gasteiger partial charge in [-0.25, -0.2) is 5.43 Å². The Hall–Kier alpha value is -2.25. The molecule has 0 radical (unpaired) electrons. The van der Waals surface area contributed by atoms with E-state index in [4.69, 9.17) is 16.0 Å². The Balaban J connectivity index is 1.69. The summed E-state index contributed by atoms with van der Waals surface area (Å²) in [5, 5.41) is 4.49. The summed E-state index contributed by atoms with van der Waals surface area (Å²) in [6, 6.07) is 9.99. The number of hydrogen-bond donors (Lipinski definition) is 1. The summed E-state index contributed by atoms with van der Waals surface area (Å²) in [5.74, 6) is 1.17. The molecule has 8 heteroatoms. The molecular formula is C15H12ClN3O3S. The molecule has 1 N–H and O–H groups in total. The van der Waals surface area contributed by atoms with Crippen molar-refractivity contribution in [3.8, 4) is 0 Å². The summed E-state index contributed by atoms with van der Waals surface area (Å²) in [7, 11) is 0. The van der Waals surface area contributed by atoms with Crippen LogP contribution in [0, 0.1) is 0 Å². The molecule has 3 rings (SSSR count). The van der Waals surface area contributed by atoms with Crippen LogP contribution in [0.4, 0.5) is 4.79 Å². The van der Waals surface area contributed by atoms with Crippen molar-refractivity contribution in [3.05, 3.63) is 59.0 Å². The number of thioether (sulfide) groups is 1. The molecule has 0 aliphatic carbocycles. The highest BCUT2D eigenvalue weighted by molar-refractivity contribution is 8.14. The maximum Gasteiger partial charge on any atom is 0.287 e. The van der Waals surface area contributed by atoms with Crippen molar-refractivity contribution in [1.82, 2.24) is 10.3 Å². The number of nitrogens with one attached hydrogen (secondary N) is 1. The first-order chi connectivity index (χ1) is 11.1. The second kappa shape index (κ2) is 6.89. The van der Waals surface area contributed by atoms with Crippen molar-refractivity contribution >= 4 is 40.3 Å². The van der Waals surface area contributed by atoms with E-state index < -0.39 is 0 Å². The van der Waals surface area contributed by atoms with E-state index >= 15 is 0 Å². The second-order valence-electron chi connectivity index (χ2n) is 4.70. The highest BCUT2D eigenvalue weighted by Crippen LogP contribution is 2.22. The fraction of sp³-hybridized carbons (Fsp3) is 0.133. The molecule has 0 atom stereocenters. The molecule has 1 aliphatic heterocycles. The van der Waals surface area contributed by atoms with Gasteiger partial charge in [0.25, 0.3) is 11.1 Å². The highest BCUT2D eigenvalue weighted by Gasteiger charge is 2.29. The Bertz CT molecular complexity index is 744. The third-order valence-electron chi connectivity index (χ3n) is 3.14. The van der Waals surface area contributed by atoms with Gasteiger partial charge in [-0.3, -0.25) is 14.5 Å². The quantitative estimate of drug-likeness (QED) is 0.859. The lowest BCUT2D eigenvalue weighted by Gasteiger charge is -2.14. The number of amidine groups is 1. The van der Waals surface area contributed by atoms with Crippen LogP contribution >= 0.6 is 23.4 Å². The summed E-state index contributed by atoms with van der Waals surface area (Å²) in [6.45, 7) is 0.286. The van der Waals surface area contributed by atoms with Gasteiger partial charge in [-0.05, 0) is 36.4 Å². The van der Waals surface area contributed by atoms with Gasteiger partial charge in [0.15, 0.2) is 0 Å². The van der Waals surface area contributed by atoms with Crippen molar-refractivity contribution in [3.63, 3.8) is 0 Å². The molecule has 0 unspecified atom stereocenters. The number of furan rings is 1. The smallest absolute Gasteiger partial charge is 0.287 e. The predicted molar refractivity (Wildman–Crippen MR) is 88.5 cm³/mol. The number of nitrogens with zero attached hydrogens (tertiary/aromatic N) is 2. The van der Waals surface area contributed by atoms with Crippen LogP contribution in [0.3, 0.4) is 0 Å². The van der Waals surface area contributed by atoms with Gasteiger partial charge >= 0.3 is 0 Å². The Morgan fingerprint density at radius 3 is 2.83 bits per heavy atom. The number of carbonyl (C=O) groups is 2. The van der Waals surface area contributed by atoms with Gasteiger partial charge in [0.1, 0.15) is 11.6 Å². The lowest BCUT2D eigenvalue weighted by molar-refractivity contribution is 0.0954. The molecule has 1 aliphatic rings. The standard InChI is InChI=1S/C15H12ClN3O3S/c16-11-5-3-10(4-6-11)14(20)18-17-13-9-23-15(21)19(13)8-12-2-1-7-22-12/h1-7H,8-9H2,(H,18,20)/b17-13-. The molecule has 2 amide bonds. The summed E-state index contributed by atoms with van der Waals surface area (Å²) in [6.07, 6.45) is 1.54. The molecule has 0 saturated carbocycles. The molecule has 2 aromatic rings. The Morgan fingerprint density at radius 2 is 2.13 bits per heavy atom. The molecule has 6 nitrogen and oxygen atoms in total. The number of hydrazone groups is 1. The third-order valence-corrected chi connectivity index (χ3v) is 4.27. The predicted octanol–water partition coefficient (Wildman–Crippen LogP) is 3.35. The topological polar surface area (TPSA) is 74.9 Å². The molecule has 118 valence electrons. The Labute approximate surface area is 141 Å². The summed E-state index contributed by atoms with van der Waals surface area (Å²) in [4.78, 5) is 25.4. The largest absolute Gasteiger partial charge is 0.467 e. The molecule has 1 aromatic carbocycles. The van der Waals surface area contributed by atoms with E-state index in [2.05, 4.69) is 10.5 Å².